The molecule has 0 saturated carbocycles. The third kappa shape index (κ3) is 11.5. The van der Waals surface area contributed by atoms with Gasteiger partial charge in [-0.05, 0) is 61.4 Å². The highest BCUT2D eigenvalue weighted by molar-refractivity contribution is 5.93. The Kier molecular flexibility index (Phi) is 13.0. The lowest BCUT2D eigenvalue weighted by Crippen LogP contribution is -2.08. The monoisotopic (exact) mass is 468 g/mol. The van der Waals surface area contributed by atoms with Crippen LogP contribution in [0.1, 0.15) is 65.2 Å². The Morgan fingerprint density at radius 3 is 1.26 bits per heavy atom. The highest BCUT2D eigenvalue weighted by atomic mass is 16.5. The fourth-order valence-electron chi connectivity index (χ4n) is 3.08. The molecule has 0 saturated heterocycles. The third-order valence-corrected chi connectivity index (χ3v) is 4.97. The van der Waals surface area contributed by atoms with E-state index >= 15 is 0 Å². The van der Waals surface area contributed by atoms with Crippen molar-refractivity contribution < 1.29 is 28.5 Å². The minimum Gasteiger partial charge on any atom is -0.494 e. The Labute approximate surface area is 202 Å². The van der Waals surface area contributed by atoms with E-state index in [1.165, 1.54) is 25.7 Å². The summed E-state index contributed by atoms with van der Waals surface area (Å²) in [7, 11) is 0. The van der Waals surface area contributed by atoms with E-state index in [9.17, 15) is 9.59 Å². The van der Waals surface area contributed by atoms with Crippen molar-refractivity contribution in [2.75, 3.05) is 13.2 Å². The average molecular weight is 469 g/mol. The normalized spacial score (nSPS) is 10.8. The van der Waals surface area contributed by atoms with Crippen LogP contribution in [0.5, 0.6) is 23.0 Å². The lowest BCUT2D eigenvalue weighted by Gasteiger charge is -2.07. The fourth-order valence-corrected chi connectivity index (χ4v) is 3.08. The Morgan fingerprint density at radius 2 is 0.912 bits per heavy atom. The van der Waals surface area contributed by atoms with Crippen LogP contribution >= 0.6 is 0 Å². The second-order valence-corrected chi connectivity index (χ2v) is 7.94. The van der Waals surface area contributed by atoms with Gasteiger partial charge in [0.2, 0.25) is 0 Å². The molecule has 0 aromatic heterocycles. The molecule has 0 heterocycles. The van der Waals surface area contributed by atoms with Crippen molar-refractivity contribution in [2.45, 2.75) is 65.2 Å². The predicted octanol–water partition coefficient (Wildman–Crippen LogP) is 6.67. The number of esters is 2. The zero-order valence-electron chi connectivity index (χ0n) is 20.3. The molecule has 0 atom stereocenters. The second kappa shape index (κ2) is 16.4. The minimum absolute atomic E-state index is 0.367. The SMILES string of the molecule is CCCCCCOc1ccc(OC(=O)/C=C/C(=O)Oc2ccc(OCCCCCC)cc2)cc1. The van der Waals surface area contributed by atoms with E-state index < -0.39 is 11.9 Å². The number of hydrogen-bond acceptors (Lipinski definition) is 6. The first-order valence-corrected chi connectivity index (χ1v) is 12.2. The molecule has 0 radical (unpaired) electrons. The molecule has 34 heavy (non-hydrogen) atoms. The first-order valence-electron chi connectivity index (χ1n) is 12.2. The van der Waals surface area contributed by atoms with E-state index in [2.05, 4.69) is 13.8 Å². The fraction of sp³-hybridized carbons (Fsp3) is 0.429. The van der Waals surface area contributed by atoms with Crippen molar-refractivity contribution in [2.24, 2.45) is 0 Å². The lowest BCUT2D eigenvalue weighted by molar-refractivity contribution is -0.131. The number of benzene rings is 2. The Hall–Kier alpha value is -3.28. The van der Waals surface area contributed by atoms with E-state index in [-0.39, 0.29) is 0 Å². The van der Waals surface area contributed by atoms with Gasteiger partial charge in [0, 0.05) is 12.2 Å². The summed E-state index contributed by atoms with van der Waals surface area (Å²) in [6.45, 7) is 5.67. The molecule has 0 amide bonds. The molecule has 6 heteroatoms. The van der Waals surface area contributed by atoms with E-state index in [0.29, 0.717) is 24.7 Å². The molecule has 184 valence electrons. The third-order valence-electron chi connectivity index (χ3n) is 4.97. The smallest absolute Gasteiger partial charge is 0.336 e. The molecule has 0 spiro atoms. The lowest BCUT2D eigenvalue weighted by atomic mass is 10.2. The second-order valence-electron chi connectivity index (χ2n) is 7.94. The van der Waals surface area contributed by atoms with Gasteiger partial charge in [0.15, 0.2) is 0 Å². The van der Waals surface area contributed by atoms with Crippen molar-refractivity contribution in [1.29, 1.82) is 0 Å². The molecule has 2 rings (SSSR count). The molecule has 0 fully saturated rings. The maximum absolute atomic E-state index is 12.0. The summed E-state index contributed by atoms with van der Waals surface area (Å²) in [6.07, 6.45) is 11.2. The molecule has 0 aliphatic heterocycles. The molecule has 0 aliphatic rings. The first-order chi connectivity index (χ1) is 16.6. The van der Waals surface area contributed by atoms with Gasteiger partial charge in [-0.2, -0.15) is 0 Å². The zero-order valence-corrected chi connectivity index (χ0v) is 20.3. The molecule has 0 unspecified atom stereocenters. The summed E-state index contributed by atoms with van der Waals surface area (Å²) in [5.74, 6) is 0.846. The molecule has 0 aliphatic carbocycles. The highest BCUT2D eigenvalue weighted by Crippen LogP contribution is 2.19. The highest BCUT2D eigenvalue weighted by Gasteiger charge is 2.05. The van der Waals surface area contributed by atoms with Crippen LogP contribution in [0, 0.1) is 0 Å². The largest absolute Gasteiger partial charge is 0.494 e. The number of unbranched alkanes of at least 4 members (excludes halogenated alkanes) is 6. The maximum Gasteiger partial charge on any atom is 0.336 e. The van der Waals surface area contributed by atoms with Crippen molar-refractivity contribution in [3.8, 4) is 23.0 Å². The Morgan fingerprint density at radius 1 is 0.559 bits per heavy atom. The zero-order chi connectivity index (χ0) is 24.4. The number of carbonyl (C=O) groups excluding carboxylic acids is 2. The van der Waals surface area contributed by atoms with Gasteiger partial charge in [-0.25, -0.2) is 9.59 Å². The topological polar surface area (TPSA) is 71.1 Å². The molecular formula is C28H36O6. The van der Waals surface area contributed by atoms with E-state index in [0.717, 1.165) is 49.3 Å². The van der Waals surface area contributed by atoms with Crippen LogP contribution in [0.15, 0.2) is 60.7 Å². The number of rotatable bonds is 16. The van der Waals surface area contributed by atoms with Gasteiger partial charge in [0.25, 0.3) is 0 Å². The van der Waals surface area contributed by atoms with Crippen LogP contribution < -0.4 is 18.9 Å². The van der Waals surface area contributed by atoms with Gasteiger partial charge in [0.05, 0.1) is 13.2 Å². The maximum atomic E-state index is 12.0. The molecule has 0 N–H and O–H groups in total. The van der Waals surface area contributed by atoms with E-state index in [1.54, 1.807) is 48.5 Å². The Bertz CT molecular complexity index is 797. The molecular weight excluding hydrogens is 432 g/mol. The van der Waals surface area contributed by atoms with Crippen LogP contribution in [0.3, 0.4) is 0 Å². The van der Waals surface area contributed by atoms with Crippen LogP contribution in [-0.4, -0.2) is 25.2 Å². The summed E-state index contributed by atoms with van der Waals surface area (Å²) in [6, 6.07) is 13.6. The molecule has 2 aromatic carbocycles. The summed E-state index contributed by atoms with van der Waals surface area (Å²) in [5.41, 5.74) is 0. The summed E-state index contributed by atoms with van der Waals surface area (Å²) in [5, 5.41) is 0. The van der Waals surface area contributed by atoms with E-state index in [4.69, 9.17) is 18.9 Å². The van der Waals surface area contributed by atoms with Crippen LogP contribution in [0.4, 0.5) is 0 Å². The summed E-state index contributed by atoms with van der Waals surface area (Å²) >= 11 is 0. The van der Waals surface area contributed by atoms with Crippen molar-refractivity contribution in [3.63, 3.8) is 0 Å². The van der Waals surface area contributed by atoms with Crippen molar-refractivity contribution in [1.82, 2.24) is 0 Å². The summed E-state index contributed by atoms with van der Waals surface area (Å²) < 4.78 is 21.7. The van der Waals surface area contributed by atoms with Gasteiger partial charge < -0.3 is 18.9 Å². The quantitative estimate of drug-likeness (QED) is 0.119. The van der Waals surface area contributed by atoms with Crippen molar-refractivity contribution in [3.05, 3.63) is 60.7 Å². The van der Waals surface area contributed by atoms with Crippen LogP contribution in [0.25, 0.3) is 0 Å². The minimum atomic E-state index is -0.669. The number of ether oxygens (including phenoxy) is 4. The predicted molar refractivity (Wildman–Crippen MR) is 133 cm³/mol. The molecule has 2 aromatic rings. The first kappa shape index (κ1) is 27.0. The van der Waals surface area contributed by atoms with Crippen molar-refractivity contribution >= 4 is 11.9 Å². The van der Waals surface area contributed by atoms with E-state index in [1.807, 2.05) is 0 Å². The van der Waals surface area contributed by atoms with Gasteiger partial charge in [-0.15, -0.1) is 0 Å². The van der Waals surface area contributed by atoms with Crippen LogP contribution in [0.2, 0.25) is 0 Å². The number of hydrogen-bond donors (Lipinski definition) is 0. The number of carbonyl (C=O) groups is 2. The summed E-state index contributed by atoms with van der Waals surface area (Å²) in [4.78, 5) is 23.9. The Balaban J connectivity index is 1.69. The van der Waals surface area contributed by atoms with Gasteiger partial charge >= 0.3 is 11.9 Å². The van der Waals surface area contributed by atoms with Gasteiger partial charge in [-0.1, -0.05) is 52.4 Å². The molecule has 6 nitrogen and oxygen atoms in total. The van der Waals surface area contributed by atoms with Crippen LogP contribution in [-0.2, 0) is 9.59 Å². The standard InChI is InChI=1S/C28H36O6/c1-3-5-7-9-21-31-23-11-15-25(16-12-23)33-27(29)19-20-28(30)34-26-17-13-24(14-18-26)32-22-10-8-6-4-2/h11-20H,3-10,21-22H2,1-2H3/b20-19+. The molecule has 0 bridgehead atoms. The van der Waals surface area contributed by atoms with Gasteiger partial charge in [-0.3, -0.25) is 0 Å². The van der Waals surface area contributed by atoms with Gasteiger partial charge in [0.1, 0.15) is 23.0 Å². The average Bonchev–Trinajstić information content (AvgIpc) is 2.84.